The quantitative estimate of drug-likeness (QED) is 0.745. The summed E-state index contributed by atoms with van der Waals surface area (Å²) < 4.78 is 0. The lowest BCUT2D eigenvalue weighted by Crippen LogP contribution is -1.97. The number of carboxylic acid groups (broad SMARTS) is 1. The molecule has 5 heteroatoms. The maximum atomic E-state index is 10.4. The van der Waals surface area contributed by atoms with Gasteiger partial charge in [-0.25, -0.2) is 9.78 Å². The molecular weight excluding hydrogens is 176 g/mol. The molecule has 0 aromatic carbocycles. The molecule has 1 aliphatic rings. The third-order valence-electron chi connectivity index (χ3n) is 1.61. The fraction of sp³-hybridized carbons (Fsp3) is 0.429. The predicted molar refractivity (Wildman–Crippen MR) is 45.7 cm³/mol. The van der Waals surface area contributed by atoms with Crippen LogP contribution in [0.5, 0.6) is 0 Å². The number of carboxylic acids is 1. The van der Waals surface area contributed by atoms with E-state index >= 15 is 0 Å². The molecule has 1 heterocycles. The molecule has 0 unspecified atom stereocenters. The topological polar surface area (TPSA) is 62.2 Å². The van der Waals surface area contributed by atoms with Crippen molar-refractivity contribution in [3.8, 4) is 0 Å². The Morgan fingerprint density at radius 2 is 2.50 bits per heavy atom. The maximum absolute atomic E-state index is 10.4. The molecule has 0 aliphatic heterocycles. The summed E-state index contributed by atoms with van der Waals surface area (Å²) >= 11 is 1.19. The van der Waals surface area contributed by atoms with Crippen LogP contribution in [-0.4, -0.2) is 22.1 Å². The van der Waals surface area contributed by atoms with Gasteiger partial charge in [0.1, 0.15) is 5.00 Å². The van der Waals surface area contributed by atoms with Crippen molar-refractivity contribution >= 4 is 22.3 Å². The molecule has 2 N–H and O–H groups in total. The molecule has 0 saturated heterocycles. The normalized spacial score (nSPS) is 16.0. The van der Waals surface area contributed by atoms with Crippen molar-refractivity contribution in [2.75, 3.05) is 5.32 Å². The van der Waals surface area contributed by atoms with Crippen molar-refractivity contribution in [3.63, 3.8) is 0 Å². The zero-order chi connectivity index (χ0) is 8.55. The number of anilines is 1. The molecule has 1 aromatic rings. The van der Waals surface area contributed by atoms with Crippen LogP contribution in [0.15, 0.2) is 6.20 Å². The fourth-order valence-corrected chi connectivity index (χ4v) is 1.60. The number of rotatable bonds is 3. The Morgan fingerprint density at radius 3 is 3.00 bits per heavy atom. The average Bonchev–Trinajstić information content (AvgIpc) is 2.66. The van der Waals surface area contributed by atoms with Gasteiger partial charge in [-0.1, -0.05) is 11.3 Å². The average molecular weight is 184 g/mol. The number of hydrogen-bond donors (Lipinski definition) is 2. The predicted octanol–water partition coefficient (Wildman–Crippen LogP) is 1.42. The maximum Gasteiger partial charge on any atom is 0.365 e. The standard InChI is InChI=1S/C7H8N2O2S/c10-7(11)6-8-3-5(12-6)9-4-1-2-4/h3-4,9H,1-2H2,(H,10,11). The van der Waals surface area contributed by atoms with E-state index in [4.69, 9.17) is 5.11 Å². The van der Waals surface area contributed by atoms with Gasteiger partial charge in [0.15, 0.2) is 0 Å². The monoisotopic (exact) mass is 184 g/mol. The van der Waals surface area contributed by atoms with E-state index in [0.717, 1.165) is 5.00 Å². The molecule has 12 heavy (non-hydrogen) atoms. The summed E-state index contributed by atoms with van der Waals surface area (Å²) in [6.45, 7) is 0. The Kier molecular flexibility index (Phi) is 1.73. The highest BCUT2D eigenvalue weighted by Crippen LogP contribution is 2.27. The number of nitrogens with zero attached hydrogens (tertiary/aromatic N) is 1. The highest BCUT2D eigenvalue weighted by Gasteiger charge is 2.22. The molecule has 0 amide bonds. The van der Waals surface area contributed by atoms with Gasteiger partial charge in [-0.3, -0.25) is 0 Å². The fourth-order valence-electron chi connectivity index (χ4n) is 0.869. The van der Waals surface area contributed by atoms with E-state index < -0.39 is 5.97 Å². The molecule has 0 radical (unpaired) electrons. The second-order valence-electron chi connectivity index (χ2n) is 2.75. The zero-order valence-corrected chi connectivity index (χ0v) is 7.10. The highest BCUT2D eigenvalue weighted by atomic mass is 32.1. The van der Waals surface area contributed by atoms with Crippen molar-refractivity contribution < 1.29 is 9.90 Å². The molecule has 2 rings (SSSR count). The molecule has 1 saturated carbocycles. The molecule has 0 atom stereocenters. The molecule has 0 spiro atoms. The molecule has 1 fully saturated rings. The molecule has 4 nitrogen and oxygen atoms in total. The first kappa shape index (κ1) is 7.54. The minimum atomic E-state index is -0.955. The summed E-state index contributed by atoms with van der Waals surface area (Å²) in [4.78, 5) is 14.2. The summed E-state index contributed by atoms with van der Waals surface area (Å²) in [5, 5.41) is 12.8. The highest BCUT2D eigenvalue weighted by molar-refractivity contribution is 7.17. The third kappa shape index (κ3) is 1.55. The lowest BCUT2D eigenvalue weighted by atomic mass is 10.6. The number of aromatic nitrogens is 1. The van der Waals surface area contributed by atoms with E-state index in [9.17, 15) is 4.79 Å². The van der Waals surface area contributed by atoms with Crippen LogP contribution in [0.25, 0.3) is 0 Å². The van der Waals surface area contributed by atoms with Gasteiger partial charge in [-0.2, -0.15) is 0 Å². The Labute approximate surface area is 73.3 Å². The zero-order valence-electron chi connectivity index (χ0n) is 6.28. The van der Waals surface area contributed by atoms with Crippen LogP contribution >= 0.6 is 11.3 Å². The van der Waals surface area contributed by atoms with Crippen molar-refractivity contribution in [1.29, 1.82) is 0 Å². The Morgan fingerprint density at radius 1 is 1.75 bits per heavy atom. The van der Waals surface area contributed by atoms with Crippen LogP contribution in [0, 0.1) is 0 Å². The van der Waals surface area contributed by atoms with Gasteiger partial charge in [0, 0.05) is 6.04 Å². The van der Waals surface area contributed by atoms with Crippen molar-refractivity contribution in [2.45, 2.75) is 18.9 Å². The minimum Gasteiger partial charge on any atom is -0.476 e. The van der Waals surface area contributed by atoms with E-state index in [0.29, 0.717) is 6.04 Å². The van der Waals surface area contributed by atoms with Gasteiger partial charge in [0.2, 0.25) is 5.01 Å². The summed E-state index contributed by atoms with van der Waals surface area (Å²) in [7, 11) is 0. The van der Waals surface area contributed by atoms with E-state index in [2.05, 4.69) is 10.3 Å². The number of carbonyl (C=O) groups is 1. The van der Waals surface area contributed by atoms with Gasteiger partial charge < -0.3 is 10.4 Å². The van der Waals surface area contributed by atoms with Crippen LogP contribution in [-0.2, 0) is 0 Å². The van der Waals surface area contributed by atoms with Crippen molar-refractivity contribution in [1.82, 2.24) is 4.98 Å². The number of hydrogen-bond acceptors (Lipinski definition) is 4. The summed E-state index contributed by atoms with van der Waals surface area (Å²) in [6, 6.07) is 0.548. The first-order valence-electron chi connectivity index (χ1n) is 3.71. The first-order chi connectivity index (χ1) is 5.75. The number of nitrogens with one attached hydrogen (secondary N) is 1. The van der Waals surface area contributed by atoms with Crippen molar-refractivity contribution in [3.05, 3.63) is 11.2 Å². The summed E-state index contributed by atoms with van der Waals surface area (Å²) in [5.41, 5.74) is 0. The SMILES string of the molecule is O=C(O)c1ncc(NC2CC2)s1. The Hall–Kier alpha value is -1.10. The third-order valence-corrected chi connectivity index (χ3v) is 2.53. The van der Waals surface area contributed by atoms with Gasteiger partial charge in [0.05, 0.1) is 6.20 Å². The second-order valence-corrected chi connectivity index (χ2v) is 3.78. The van der Waals surface area contributed by atoms with Crippen LogP contribution in [0.1, 0.15) is 22.6 Å². The van der Waals surface area contributed by atoms with Crippen LogP contribution in [0.4, 0.5) is 5.00 Å². The lowest BCUT2D eigenvalue weighted by Gasteiger charge is -1.95. The van der Waals surface area contributed by atoms with Gasteiger partial charge in [0.25, 0.3) is 0 Å². The van der Waals surface area contributed by atoms with Gasteiger partial charge >= 0.3 is 5.97 Å². The van der Waals surface area contributed by atoms with Crippen LogP contribution < -0.4 is 5.32 Å². The smallest absolute Gasteiger partial charge is 0.365 e. The minimum absolute atomic E-state index is 0.151. The van der Waals surface area contributed by atoms with E-state index in [1.807, 2.05) is 0 Å². The van der Waals surface area contributed by atoms with E-state index in [1.54, 1.807) is 6.20 Å². The number of aromatic carboxylic acids is 1. The van der Waals surface area contributed by atoms with Crippen molar-refractivity contribution in [2.24, 2.45) is 0 Å². The lowest BCUT2D eigenvalue weighted by molar-refractivity contribution is 0.0696. The van der Waals surface area contributed by atoms with E-state index in [-0.39, 0.29) is 5.01 Å². The van der Waals surface area contributed by atoms with Crippen LogP contribution in [0.2, 0.25) is 0 Å². The second kappa shape index (κ2) is 2.75. The molecule has 0 bridgehead atoms. The van der Waals surface area contributed by atoms with Gasteiger partial charge in [-0.05, 0) is 12.8 Å². The van der Waals surface area contributed by atoms with Gasteiger partial charge in [-0.15, -0.1) is 0 Å². The molecule has 1 aliphatic carbocycles. The number of thiazole rings is 1. The van der Waals surface area contributed by atoms with E-state index in [1.165, 1.54) is 24.2 Å². The summed E-state index contributed by atoms with van der Waals surface area (Å²) in [5.74, 6) is -0.955. The van der Waals surface area contributed by atoms with Crippen LogP contribution in [0.3, 0.4) is 0 Å². The Balaban J connectivity index is 2.06. The Bertz CT molecular complexity index is 306. The molecular formula is C7H8N2O2S. The molecule has 1 aromatic heterocycles. The molecule has 64 valence electrons. The summed E-state index contributed by atoms with van der Waals surface area (Å²) in [6.07, 6.45) is 3.94. The largest absolute Gasteiger partial charge is 0.476 e. The first-order valence-corrected chi connectivity index (χ1v) is 4.53.